The van der Waals surface area contributed by atoms with E-state index in [9.17, 15) is 4.79 Å². The van der Waals surface area contributed by atoms with Gasteiger partial charge in [-0.2, -0.15) is 0 Å². The first kappa shape index (κ1) is 20.1. The summed E-state index contributed by atoms with van der Waals surface area (Å²) in [4.78, 5) is 26.9. The largest absolute Gasteiger partial charge is 0.447 e. The molecule has 0 aromatic carbocycles. The highest BCUT2D eigenvalue weighted by Gasteiger charge is 2.26. The van der Waals surface area contributed by atoms with Gasteiger partial charge in [-0.1, -0.05) is 0 Å². The molecule has 0 unspecified atom stereocenters. The maximum atomic E-state index is 12.1. The average molecular weight is 411 g/mol. The molecule has 4 rings (SSSR count). The van der Waals surface area contributed by atoms with Crippen LogP contribution in [0.3, 0.4) is 0 Å². The Hall–Kier alpha value is -3.20. The lowest BCUT2D eigenvalue weighted by atomic mass is 10.1. The second kappa shape index (κ2) is 9.08. The third-order valence-electron chi connectivity index (χ3n) is 5.27. The number of likely N-dealkylation sites (tertiary alicyclic amines) is 1. The van der Waals surface area contributed by atoms with Crippen molar-refractivity contribution in [3.8, 4) is 11.6 Å². The van der Waals surface area contributed by atoms with Crippen LogP contribution in [-0.4, -0.2) is 63.9 Å². The van der Waals surface area contributed by atoms with Crippen LogP contribution < -0.4 is 4.74 Å². The van der Waals surface area contributed by atoms with Gasteiger partial charge in [0.15, 0.2) is 5.75 Å². The SMILES string of the molecule is COCCOC(=O)N1CCC(n2ccc3c(Oc4cccnc4C)ncnc32)CC1. The van der Waals surface area contributed by atoms with Gasteiger partial charge in [0, 0.05) is 38.6 Å². The number of hydrogen-bond acceptors (Lipinski definition) is 7. The first-order valence-electron chi connectivity index (χ1n) is 9.99. The zero-order valence-corrected chi connectivity index (χ0v) is 17.2. The maximum absolute atomic E-state index is 12.1. The fraction of sp³-hybridized carbons (Fsp3) is 0.429. The lowest BCUT2D eigenvalue weighted by Crippen LogP contribution is -2.39. The van der Waals surface area contributed by atoms with E-state index in [-0.39, 0.29) is 18.7 Å². The number of carbonyl (C=O) groups is 1. The van der Waals surface area contributed by atoms with Gasteiger partial charge in [0.1, 0.15) is 18.6 Å². The second-order valence-corrected chi connectivity index (χ2v) is 7.15. The van der Waals surface area contributed by atoms with Crippen LogP contribution in [0.4, 0.5) is 4.79 Å². The van der Waals surface area contributed by atoms with Gasteiger partial charge in [0.25, 0.3) is 0 Å². The highest BCUT2D eigenvalue weighted by atomic mass is 16.6. The number of ether oxygens (including phenoxy) is 3. The van der Waals surface area contributed by atoms with E-state index in [1.54, 1.807) is 18.2 Å². The molecule has 1 saturated heterocycles. The number of carbonyl (C=O) groups excluding carboxylic acids is 1. The monoisotopic (exact) mass is 411 g/mol. The van der Waals surface area contributed by atoms with Crippen LogP contribution in [0.25, 0.3) is 11.0 Å². The number of hydrogen-bond donors (Lipinski definition) is 0. The van der Waals surface area contributed by atoms with E-state index in [0.717, 1.165) is 29.6 Å². The number of aryl methyl sites for hydroxylation is 1. The smallest absolute Gasteiger partial charge is 0.409 e. The molecule has 0 saturated carbocycles. The molecule has 1 amide bonds. The summed E-state index contributed by atoms with van der Waals surface area (Å²) in [6, 6.07) is 5.92. The summed E-state index contributed by atoms with van der Waals surface area (Å²) in [6.07, 6.45) is 6.62. The Balaban J connectivity index is 1.46. The number of pyridine rings is 1. The third kappa shape index (κ3) is 4.20. The number of amides is 1. The minimum absolute atomic E-state index is 0.244. The Labute approximate surface area is 174 Å². The molecule has 4 heterocycles. The van der Waals surface area contributed by atoms with Gasteiger partial charge >= 0.3 is 6.09 Å². The van der Waals surface area contributed by atoms with E-state index >= 15 is 0 Å². The Bertz CT molecular complexity index is 1010. The van der Waals surface area contributed by atoms with Gasteiger partial charge in [0.05, 0.1) is 17.7 Å². The highest BCUT2D eigenvalue weighted by Crippen LogP contribution is 2.32. The first-order valence-corrected chi connectivity index (χ1v) is 9.99. The van der Waals surface area contributed by atoms with Gasteiger partial charge < -0.3 is 23.7 Å². The Morgan fingerprint density at radius 3 is 2.77 bits per heavy atom. The first-order chi connectivity index (χ1) is 14.7. The van der Waals surface area contributed by atoms with E-state index in [2.05, 4.69) is 19.5 Å². The summed E-state index contributed by atoms with van der Waals surface area (Å²) in [5, 5.41) is 0.849. The van der Waals surface area contributed by atoms with Crippen molar-refractivity contribution in [2.24, 2.45) is 0 Å². The molecule has 9 nitrogen and oxygen atoms in total. The summed E-state index contributed by atoms with van der Waals surface area (Å²) < 4.78 is 18.3. The fourth-order valence-electron chi connectivity index (χ4n) is 3.64. The van der Waals surface area contributed by atoms with Crippen LogP contribution in [0.5, 0.6) is 11.6 Å². The summed E-state index contributed by atoms with van der Waals surface area (Å²) in [7, 11) is 1.58. The number of fused-ring (bicyclic) bond motifs is 1. The molecule has 9 heteroatoms. The molecular formula is C21H25N5O4. The van der Waals surface area contributed by atoms with Crippen molar-refractivity contribution < 1.29 is 19.0 Å². The molecular weight excluding hydrogens is 386 g/mol. The van der Waals surface area contributed by atoms with Crippen molar-refractivity contribution in [2.75, 3.05) is 33.4 Å². The van der Waals surface area contributed by atoms with Crippen molar-refractivity contribution in [2.45, 2.75) is 25.8 Å². The number of methoxy groups -OCH3 is 1. The van der Waals surface area contributed by atoms with Crippen molar-refractivity contribution in [3.05, 3.63) is 42.6 Å². The van der Waals surface area contributed by atoms with Crippen LogP contribution in [0.15, 0.2) is 36.9 Å². The molecule has 1 fully saturated rings. The zero-order chi connectivity index (χ0) is 20.9. The minimum Gasteiger partial charge on any atom is -0.447 e. The van der Waals surface area contributed by atoms with Gasteiger partial charge in [-0.25, -0.2) is 14.8 Å². The minimum atomic E-state index is -0.285. The highest BCUT2D eigenvalue weighted by molar-refractivity contribution is 5.81. The van der Waals surface area contributed by atoms with Crippen LogP contribution in [0.1, 0.15) is 24.6 Å². The molecule has 0 N–H and O–H groups in total. The van der Waals surface area contributed by atoms with Crippen molar-refractivity contribution in [1.82, 2.24) is 24.4 Å². The molecule has 0 atom stereocenters. The Morgan fingerprint density at radius 1 is 1.17 bits per heavy atom. The molecule has 0 spiro atoms. The van der Waals surface area contributed by atoms with Crippen LogP contribution in [-0.2, 0) is 9.47 Å². The molecule has 3 aromatic rings. The molecule has 1 aliphatic heterocycles. The van der Waals surface area contributed by atoms with E-state index in [1.807, 2.05) is 31.3 Å². The van der Waals surface area contributed by atoms with Crippen molar-refractivity contribution >= 4 is 17.1 Å². The maximum Gasteiger partial charge on any atom is 0.409 e. The second-order valence-electron chi connectivity index (χ2n) is 7.15. The Kier molecular flexibility index (Phi) is 6.08. The normalized spacial score (nSPS) is 14.8. The van der Waals surface area contributed by atoms with Gasteiger partial charge in [-0.15, -0.1) is 0 Å². The summed E-state index contributed by atoms with van der Waals surface area (Å²) in [5.41, 5.74) is 1.62. The van der Waals surface area contributed by atoms with Gasteiger partial charge in [-0.05, 0) is 38.0 Å². The fourth-order valence-corrected chi connectivity index (χ4v) is 3.64. The van der Waals surface area contributed by atoms with Crippen LogP contribution in [0.2, 0.25) is 0 Å². The number of rotatable bonds is 6. The Morgan fingerprint density at radius 2 is 2.00 bits per heavy atom. The predicted octanol–water partition coefficient (Wildman–Crippen LogP) is 3.35. The van der Waals surface area contributed by atoms with E-state index in [1.165, 1.54) is 6.33 Å². The van der Waals surface area contributed by atoms with Gasteiger partial charge in [-0.3, -0.25) is 4.98 Å². The number of piperidine rings is 1. The summed E-state index contributed by atoms with van der Waals surface area (Å²) in [5.74, 6) is 1.18. The topological polar surface area (TPSA) is 91.6 Å². The van der Waals surface area contributed by atoms with E-state index in [4.69, 9.17) is 14.2 Å². The van der Waals surface area contributed by atoms with E-state index in [0.29, 0.717) is 31.3 Å². The molecule has 3 aromatic heterocycles. The molecule has 0 aliphatic carbocycles. The molecule has 30 heavy (non-hydrogen) atoms. The summed E-state index contributed by atoms with van der Waals surface area (Å²) in [6.45, 7) is 3.85. The van der Waals surface area contributed by atoms with Crippen molar-refractivity contribution in [3.63, 3.8) is 0 Å². The van der Waals surface area contributed by atoms with E-state index < -0.39 is 0 Å². The standard InChI is InChI=1S/C21H25N5O4/c1-15-18(4-3-8-22-15)30-20-17-7-11-26(19(17)23-14-24-20)16-5-9-25(10-6-16)21(27)29-13-12-28-2/h3-4,7-8,11,14,16H,5-6,9-10,12-13H2,1-2H3. The average Bonchev–Trinajstić information content (AvgIpc) is 3.21. The number of aromatic nitrogens is 4. The van der Waals surface area contributed by atoms with Gasteiger partial charge in [0.2, 0.25) is 5.88 Å². The molecule has 1 aliphatic rings. The summed E-state index contributed by atoms with van der Waals surface area (Å²) >= 11 is 0. The molecule has 158 valence electrons. The lowest BCUT2D eigenvalue weighted by molar-refractivity contribution is 0.0636. The van der Waals surface area contributed by atoms with Crippen LogP contribution in [0, 0.1) is 6.92 Å². The predicted molar refractivity (Wildman–Crippen MR) is 110 cm³/mol. The zero-order valence-electron chi connectivity index (χ0n) is 17.2. The lowest BCUT2D eigenvalue weighted by Gasteiger charge is -2.32. The number of nitrogens with zero attached hydrogens (tertiary/aromatic N) is 5. The van der Waals surface area contributed by atoms with Crippen LogP contribution >= 0.6 is 0 Å². The quantitative estimate of drug-likeness (QED) is 0.575. The molecule has 0 bridgehead atoms. The van der Waals surface area contributed by atoms with Crippen molar-refractivity contribution in [1.29, 1.82) is 0 Å². The third-order valence-corrected chi connectivity index (χ3v) is 5.27. The molecule has 0 radical (unpaired) electrons.